The van der Waals surface area contributed by atoms with Gasteiger partial charge in [-0.05, 0) is 60.7 Å². The van der Waals surface area contributed by atoms with E-state index in [0.717, 1.165) is 29.4 Å². The minimum Gasteiger partial charge on any atom is -0.507 e. The fourth-order valence-electron chi connectivity index (χ4n) is 3.34. The molecule has 0 fully saturated rings. The normalized spacial score (nSPS) is 11.1. The molecule has 39 heavy (non-hydrogen) atoms. The van der Waals surface area contributed by atoms with Crippen LogP contribution in [-0.2, 0) is 17.1 Å². The number of benzene rings is 4. The van der Waals surface area contributed by atoms with Gasteiger partial charge in [0.15, 0.2) is 0 Å². The Morgan fingerprint density at radius 1 is 0.615 bits per heavy atom. The number of para-hydroxylation sites is 2. The summed E-state index contributed by atoms with van der Waals surface area (Å²) in [6, 6.07) is 26.3. The molecule has 199 valence electrons. The number of aliphatic imine (C=N–C) groups is 2. The summed E-state index contributed by atoms with van der Waals surface area (Å²) < 4.78 is 4.01. The predicted molar refractivity (Wildman–Crippen MR) is 165 cm³/mol. The van der Waals surface area contributed by atoms with E-state index in [4.69, 9.17) is 0 Å². The molecule has 0 bridgehead atoms. The zero-order valence-electron chi connectivity index (χ0n) is 19.8. The molecule has 4 aromatic carbocycles. The smallest absolute Gasteiger partial charge is 0.210 e. The number of thiazole rings is 2. The maximum atomic E-state index is 9.72. The molecule has 0 aliphatic rings. The van der Waals surface area contributed by atoms with Crippen LogP contribution in [0.5, 0.6) is 11.5 Å². The van der Waals surface area contributed by atoms with Crippen LogP contribution in [0, 0.1) is 0 Å². The van der Waals surface area contributed by atoms with Gasteiger partial charge in [0, 0.05) is 49.6 Å². The SMILES string of the molecule is Oc1ccc(Br)cc1C=Nc1nc2ccccc2s1.Oc1ccc(Br)cc1C=Nc1nc2ccccc2s1.[Cu]. The van der Waals surface area contributed by atoms with Crippen molar-refractivity contribution in [2.24, 2.45) is 9.98 Å². The maximum Gasteiger partial charge on any atom is 0.210 e. The fourth-order valence-corrected chi connectivity index (χ4v) is 5.72. The second kappa shape index (κ2) is 13.4. The molecular formula is C28H18Br2CuN4O2S2. The van der Waals surface area contributed by atoms with E-state index in [2.05, 4.69) is 51.8 Å². The van der Waals surface area contributed by atoms with Crippen molar-refractivity contribution in [1.29, 1.82) is 0 Å². The van der Waals surface area contributed by atoms with Crippen molar-refractivity contribution in [3.63, 3.8) is 0 Å². The van der Waals surface area contributed by atoms with Gasteiger partial charge in [0.05, 0.1) is 20.4 Å². The molecule has 0 amide bonds. The first kappa shape index (κ1) is 29.1. The van der Waals surface area contributed by atoms with E-state index in [1.165, 1.54) is 22.7 Å². The van der Waals surface area contributed by atoms with Gasteiger partial charge < -0.3 is 10.2 Å². The van der Waals surface area contributed by atoms with Crippen molar-refractivity contribution in [1.82, 2.24) is 9.97 Å². The van der Waals surface area contributed by atoms with Crippen LogP contribution in [0.1, 0.15) is 11.1 Å². The molecule has 0 aliphatic carbocycles. The summed E-state index contributed by atoms with van der Waals surface area (Å²) in [6.45, 7) is 0. The minimum atomic E-state index is 0. The maximum absolute atomic E-state index is 9.72. The topological polar surface area (TPSA) is 91.0 Å². The van der Waals surface area contributed by atoms with E-state index >= 15 is 0 Å². The number of aromatic nitrogens is 2. The van der Waals surface area contributed by atoms with E-state index < -0.39 is 0 Å². The number of nitrogens with zero attached hydrogens (tertiary/aromatic N) is 4. The van der Waals surface area contributed by atoms with Crippen LogP contribution in [0.4, 0.5) is 10.3 Å². The van der Waals surface area contributed by atoms with E-state index in [0.29, 0.717) is 21.4 Å². The number of fused-ring (bicyclic) bond motifs is 2. The predicted octanol–water partition coefficient (Wildman–Crippen LogP) is 9.03. The number of phenolic OH excluding ortho intramolecular Hbond substituents is 2. The van der Waals surface area contributed by atoms with Crippen LogP contribution in [0.15, 0.2) is 104 Å². The van der Waals surface area contributed by atoms with Crippen molar-refractivity contribution in [3.8, 4) is 11.5 Å². The monoisotopic (exact) mass is 727 g/mol. The second-order valence-corrected chi connectivity index (χ2v) is 11.7. The molecule has 0 spiro atoms. The quantitative estimate of drug-likeness (QED) is 0.140. The number of hydrogen-bond acceptors (Lipinski definition) is 8. The van der Waals surface area contributed by atoms with Crippen LogP contribution in [0.3, 0.4) is 0 Å². The van der Waals surface area contributed by atoms with Crippen molar-refractivity contribution >= 4 is 97.7 Å². The Morgan fingerprint density at radius 2 is 1.03 bits per heavy atom. The standard InChI is InChI=1S/2C14H9BrN2OS.Cu/c2*15-10-5-6-12(18)9(7-10)8-16-14-17-11-3-1-2-4-13(11)19-14;/h2*1-8,18H;. The van der Waals surface area contributed by atoms with E-state index in [1.54, 1.807) is 36.7 Å². The van der Waals surface area contributed by atoms with Gasteiger partial charge in [0.2, 0.25) is 10.3 Å². The van der Waals surface area contributed by atoms with Gasteiger partial charge in [0.25, 0.3) is 0 Å². The van der Waals surface area contributed by atoms with Gasteiger partial charge in [-0.15, -0.1) is 0 Å². The van der Waals surface area contributed by atoms with Gasteiger partial charge in [-0.2, -0.15) is 0 Å². The number of halogens is 2. The Bertz CT molecular complexity index is 1610. The van der Waals surface area contributed by atoms with Gasteiger partial charge in [-0.3, -0.25) is 0 Å². The van der Waals surface area contributed by atoms with Crippen LogP contribution in [0.2, 0.25) is 0 Å². The molecule has 2 N–H and O–H groups in total. The Balaban J connectivity index is 0.000000176. The van der Waals surface area contributed by atoms with Crippen LogP contribution in [0.25, 0.3) is 20.4 Å². The number of aromatic hydroxyl groups is 2. The third-order valence-electron chi connectivity index (χ3n) is 5.17. The molecule has 6 rings (SSSR count). The molecule has 2 aromatic heterocycles. The second-order valence-electron chi connectivity index (χ2n) is 7.85. The molecule has 0 saturated heterocycles. The summed E-state index contributed by atoms with van der Waals surface area (Å²) in [5, 5.41) is 20.8. The third-order valence-corrected chi connectivity index (χ3v) is 8.05. The number of rotatable bonds is 4. The Labute approximate surface area is 259 Å². The first-order chi connectivity index (χ1) is 18.4. The molecule has 0 unspecified atom stereocenters. The van der Waals surface area contributed by atoms with E-state index in [1.807, 2.05) is 60.7 Å². The summed E-state index contributed by atoms with van der Waals surface area (Å²) in [7, 11) is 0. The third kappa shape index (κ3) is 7.60. The fraction of sp³-hybridized carbons (Fsp3) is 0. The number of hydrogen-bond donors (Lipinski definition) is 2. The van der Waals surface area contributed by atoms with Gasteiger partial charge in [0.1, 0.15) is 11.5 Å². The number of phenols is 2. The average Bonchev–Trinajstić information content (AvgIpc) is 3.53. The molecule has 0 atom stereocenters. The molecule has 1 radical (unpaired) electrons. The zero-order chi connectivity index (χ0) is 26.5. The van der Waals surface area contributed by atoms with Gasteiger partial charge >= 0.3 is 0 Å². The van der Waals surface area contributed by atoms with Gasteiger partial charge in [-0.1, -0.05) is 78.8 Å². The Morgan fingerprint density at radius 3 is 1.44 bits per heavy atom. The van der Waals surface area contributed by atoms with Crippen LogP contribution in [-0.4, -0.2) is 32.6 Å². The molecule has 0 saturated carbocycles. The minimum absolute atomic E-state index is 0. The van der Waals surface area contributed by atoms with Crippen molar-refractivity contribution in [2.45, 2.75) is 0 Å². The molecule has 0 aliphatic heterocycles. The van der Waals surface area contributed by atoms with E-state index in [9.17, 15) is 10.2 Å². The zero-order valence-corrected chi connectivity index (χ0v) is 25.5. The molecule has 11 heteroatoms. The van der Waals surface area contributed by atoms with Crippen molar-refractivity contribution in [2.75, 3.05) is 0 Å². The van der Waals surface area contributed by atoms with Gasteiger partial charge in [-0.25, -0.2) is 20.0 Å². The molecular weight excluding hydrogens is 712 g/mol. The molecule has 2 heterocycles. The molecule has 6 nitrogen and oxygen atoms in total. The summed E-state index contributed by atoms with van der Waals surface area (Å²) in [5.41, 5.74) is 3.21. The van der Waals surface area contributed by atoms with Crippen molar-refractivity contribution in [3.05, 3.63) is 105 Å². The largest absolute Gasteiger partial charge is 0.507 e. The summed E-state index contributed by atoms with van der Waals surface area (Å²) >= 11 is 9.78. The average molecular weight is 730 g/mol. The first-order valence-corrected chi connectivity index (χ1v) is 14.4. The summed E-state index contributed by atoms with van der Waals surface area (Å²) in [4.78, 5) is 17.4. The Kier molecular flexibility index (Phi) is 10.0. The first-order valence-electron chi connectivity index (χ1n) is 11.2. The Hall–Kier alpha value is -2.92. The van der Waals surface area contributed by atoms with Crippen LogP contribution < -0.4 is 0 Å². The summed E-state index contributed by atoms with van der Waals surface area (Å²) in [5.74, 6) is 0.404. The van der Waals surface area contributed by atoms with E-state index in [-0.39, 0.29) is 28.6 Å². The molecule has 6 aromatic rings. The summed E-state index contributed by atoms with van der Waals surface area (Å²) in [6.07, 6.45) is 3.25. The van der Waals surface area contributed by atoms with Crippen LogP contribution >= 0.6 is 54.5 Å². The van der Waals surface area contributed by atoms with Crippen molar-refractivity contribution < 1.29 is 27.3 Å².